The quantitative estimate of drug-likeness (QED) is 0.482. The lowest BCUT2D eigenvalue weighted by Gasteiger charge is -2.25. The van der Waals surface area contributed by atoms with Gasteiger partial charge in [-0.2, -0.15) is 5.10 Å². The summed E-state index contributed by atoms with van der Waals surface area (Å²) in [4.78, 5) is 27.4. The minimum atomic E-state index is -0.692. The van der Waals surface area contributed by atoms with E-state index >= 15 is 0 Å². The van der Waals surface area contributed by atoms with E-state index in [1.807, 2.05) is 49.3 Å². The summed E-state index contributed by atoms with van der Waals surface area (Å²) in [6, 6.07) is 15.4. The smallest absolute Gasteiger partial charge is 0.292 e. The van der Waals surface area contributed by atoms with Gasteiger partial charge in [0.15, 0.2) is 0 Å². The Morgan fingerprint density at radius 2 is 1.70 bits per heavy atom. The Hall–Kier alpha value is -3.32. The molecule has 156 valence electrons. The van der Waals surface area contributed by atoms with E-state index < -0.39 is 11.7 Å². The Balaban J connectivity index is 1.77. The van der Waals surface area contributed by atoms with E-state index in [4.69, 9.17) is 0 Å². The second kappa shape index (κ2) is 9.00. The predicted octanol–water partition coefficient (Wildman–Crippen LogP) is 3.23. The number of rotatable bonds is 7. The molecule has 0 unspecified atom stereocenters. The highest BCUT2D eigenvalue weighted by molar-refractivity contribution is 6.43. The zero-order chi connectivity index (χ0) is 21.8. The molecule has 1 N–H and O–H groups in total. The molecule has 1 heterocycles. The zero-order valence-corrected chi connectivity index (χ0v) is 17.5. The lowest BCUT2D eigenvalue weighted by Crippen LogP contribution is -2.38. The van der Waals surface area contributed by atoms with Gasteiger partial charge in [-0.15, -0.1) is 0 Å². The van der Waals surface area contributed by atoms with Crippen molar-refractivity contribution in [3.05, 3.63) is 82.9 Å². The number of carbonyl (C=O) groups is 2. The highest BCUT2D eigenvalue weighted by Gasteiger charge is 2.26. The van der Waals surface area contributed by atoms with Crippen LogP contribution in [0.4, 0.5) is 4.39 Å². The van der Waals surface area contributed by atoms with Crippen LogP contribution in [0, 0.1) is 19.7 Å². The number of likely N-dealkylation sites (N-methyl/N-ethyl adjacent to an activating group) is 1. The molecule has 0 aliphatic carbocycles. The predicted molar refractivity (Wildman–Crippen MR) is 113 cm³/mol. The van der Waals surface area contributed by atoms with Crippen molar-refractivity contribution in [1.29, 1.82) is 0 Å². The molecule has 6 nitrogen and oxygen atoms in total. The summed E-state index contributed by atoms with van der Waals surface area (Å²) in [5.74, 6) is -1.64. The molecule has 2 aromatic carbocycles. The van der Waals surface area contributed by atoms with Gasteiger partial charge in [-0.25, -0.2) is 9.07 Å². The molecule has 0 bridgehead atoms. The number of aromatic nitrogens is 2. The first kappa shape index (κ1) is 21.4. The number of halogens is 1. The van der Waals surface area contributed by atoms with Crippen molar-refractivity contribution in [2.75, 3.05) is 20.6 Å². The van der Waals surface area contributed by atoms with E-state index in [1.54, 1.807) is 30.7 Å². The van der Waals surface area contributed by atoms with Gasteiger partial charge >= 0.3 is 0 Å². The van der Waals surface area contributed by atoms with E-state index in [1.165, 1.54) is 12.1 Å². The van der Waals surface area contributed by atoms with Gasteiger partial charge in [0, 0.05) is 6.54 Å². The van der Waals surface area contributed by atoms with Crippen molar-refractivity contribution in [1.82, 2.24) is 20.0 Å². The number of Topliss-reactive ketones (excluding diaryl/α,β-unsaturated/α-hetero) is 1. The number of amides is 1. The number of aryl methyl sites for hydroxylation is 1. The molecule has 7 heteroatoms. The standard InChI is InChI=1S/C23H25FN4O2/c1-15-21(16(2)28(26-15)19-8-6-5-7-9-19)22(29)23(30)25-14-20(27(3)4)17-10-12-18(24)13-11-17/h5-13,20H,14H2,1-4H3,(H,25,30)/t20-/m1/s1. The highest BCUT2D eigenvalue weighted by Crippen LogP contribution is 2.20. The zero-order valence-electron chi connectivity index (χ0n) is 17.5. The molecule has 0 fully saturated rings. The summed E-state index contributed by atoms with van der Waals surface area (Å²) < 4.78 is 14.9. The molecule has 1 aromatic heterocycles. The molecule has 0 saturated heterocycles. The summed E-state index contributed by atoms with van der Waals surface area (Å²) in [5.41, 5.74) is 3.08. The van der Waals surface area contributed by atoms with Crippen LogP contribution in [-0.4, -0.2) is 47.0 Å². The maximum Gasteiger partial charge on any atom is 0.292 e. The monoisotopic (exact) mass is 408 g/mol. The molecule has 0 saturated carbocycles. The summed E-state index contributed by atoms with van der Waals surface area (Å²) in [6.45, 7) is 3.71. The van der Waals surface area contributed by atoms with Crippen LogP contribution in [0.2, 0.25) is 0 Å². The van der Waals surface area contributed by atoms with Crippen LogP contribution in [0.15, 0.2) is 54.6 Å². The van der Waals surface area contributed by atoms with Gasteiger partial charge in [0.05, 0.1) is 28.7 Å². The van der Waals surface area contributed by atoms with E-state index in [-0.39, 0.29) is 18.4 Å². The maximum atomic E-state index is 13.2. The van der Waals surface area contributed by atoms with Crippen molar-refractivity contribution < 1.29 is 14.0 Å². The topological polar surface area (TPSA) is 67.2 Å². The average molecular weight is 408 g/mol. The van der Waals surface area contributed by atoms with Crippen LogP contribution >= 0.6 is 0 Å². The lowest BCUT2D eigenvalue weighted by atomic mass is 10.0. The van der Waals surface area contributed by atoms with Crippen molar-refractivity contribution in [2.45, 2.75) is 19.9 Å². The Bertz CT molecular complexity index is 1040. The van der Waals surface area contributed by atoms with Gasteiger partial charge in [0.25, 0.3) is 11.7 Å². The molecular weight excluding hydrogens is 383 g/mol. The van der Waals surface area contributed by atoms with Crippen molar-refractivity contribution in [2.24, 2.45) is 0 Å². The molecule has 0 aliphatic rings. The molecule has 1 atom stereocenters. The van der Waals surface area contributed by atoms with Crippen LogP contribution < -0.4 is 5.32 Å². The molecular formula is C23H25FN4O2. The van der Waals surface area contributed by atoms with Crippen molar-refractivity contribution in [3.8, 4) is 5.69 Å². The van der Waals surface area contributed by atoms with Gasteiger partial charge in [0.2, 0.25) is 0 Å². The number of nitrogens with zero attached hydrogens (tertiary/aromatic N) is 3. The van der Waals surface area contributed by atoms with Gasteiger partial charge in [-0.3, -0.25) is 9.59 Å². The van der Waals surface area contributed by atoms with Gasteiger partial charge < -0.3 is 10.2 Å². The first-order valence-electron chi connectivity index (χ1n) is 9.65. The molecule has 30 heavy (non-hydrogen) atoms. The van der Waals surface area contributed by atoms with Crippen LogP contribution in [0.3, 0.4) is 0 Å². The number of benzene rings is 2. The summed E-state index contributed by atoms with van der Waals surface area (Å²) >= 11 is 0. The van der Waals surface area contributed by atoms with E-state index in [2.05, 4.69) is 10.4 Å². The number of hydrogen-bond donors (Lipinski definition) is 1. The second-order valence-corrected chi connectivity index (χ2v) is 7.36. The number of hydrogen-bond acceptors (Lipinski definition) is 4. The fourth-order valence-electron chi connectivity index (χ4n) is 3.46. The normalized spacial score (nSPS) is 12.1. The summed E-state index contributed by atoms with van der Waals surface area (Å²) in [6.07, 6.45) is 0. The second-order valence-electron chi connectivity index (χ2n) is 7.36. The largest absolute Gasteiger partial charge is 0.347 e. The SMILES string of the molecule is Cc1nn(-c2ccccc2)c(C)c1C(=O)C(=O)NC[C@H](c1ccc(F)cc1)N(C)C. The van der Waals surface area contributed by atoms with E-state index in [0.29, 0.717) is 17.0 Å². The third kappa shape index (κ3) is 4.46. The van der Waals surface area contributed by atoms with E-state index in [0.717, 1.165) is 11.3 Å². The molecule has 3 aromatic rings. The molecule has 0 spiro atoms. The molecule has 1 amide bonds. The average Bonchev–Trinajstić information content (AvgIpc) is 3.03. The Morgan fingerprint density at radius 3 is 2.30 bits per heavy atom. The number of nitrogens with one attached hydrogen (secondary N) is 1. The fourth-order valence-corrected chi connectivity index (χ4v) is 3.46. The third-order valence-corrected chi connectivity index (χ3v) is 5.06. The fraction of sp³-hybridized carbons (Fsp3) is 0.261. The first-order chi connectivity index (χ1) is 14.3. The van der Waals surface area contributed by atoms with Gasteiger partial charge in [-0.1, -0.05) is 30.3 Å². The number of carbonyl (C=O) groups excluding carboxylic acids is 2. The van der Waals surface area contributed by atoms with Gasteiger partial charge in [0.1, 0.15) is 5.82 Å². The molecule has 0 aliphatic heterocycles. The minimum absolute atomic E-state index is 0.198. The van der Waals surface area contributed by atoms with Crippen LogP contribution in [0.1, 0.15) is 33.4 Å². The molecule has 3 rings (SSSR count). The van der Waals surface area contributed by atoms with Crippen molar-refractivity contribution >= 4 is 11.7 Å². The Morgan fingerprint density at radius 1 is 1.07 bits per heavy atom. The van der Waals surface area contributed by atoms with Crippen molar-refractivity contribution in [3.63, 3.8) is 0 Å². The minimum Gasteiger partial charge on any atom is -0.347 e. The van der Waals surface area contributed by atoms with Crippen LogP contribution in [0.5, 0.6) is 0 Å². The van der Waals surface area contributed by atoms with Gasteiger partial charge in [-0.05, 0) is 57.8 Å². The highest BCUT2D eigenvalue weighted by atomic mass is 19.1. The number of ketones is 1. The summed E-state index contributed by atoms with van der Waals surface area (Å²) in [7, 11) is 3.72. The Labute approximate surface area is 175 Å². The van der Waals surface area contributed by atoms with E-state index in [9.17, 15) is 14.0 Å². The Kier molecular flexibility index (Phi) is 6.42. The van der Waals surface area contributed by atoms with Crippen LogP contribution in [0.25, 0.3) is 5.69 Å². The first-order valence-corrected chi connectivity index (χ1v) is 9.65. The number of para-hydroxylation sites is 1. The summed E-state index contributed by atoms with van der Waals surface area (Å²) in [5, 5.41) is 7.15. The molecule has 0 radical (unpaired) electrons. The third-order valence-electron chi connectivity index (χ3n) is 5.06. The van der Waals surface area contributed by atoms with Crippen LogP contribution in [-0.2, 0) is 4.79 Å². The maximum absolute atomic E-state index is 13.2. The lowest BCUT2D eigenvalue weighted by molar-refractivity contribution is -0.117.